The lowest BCUT2D eigenvalue weighted by atomic mass is 10.1. The second-order valence-corrected chi connectivity index (χ2v) is 4.14. The van der Waals surface area contributed by atoms with E-state index >= 15 is 0 Å². The van der Waals surface area contributed by atoms with Crippen molar-refractivity contribution in [3.8, 4) is 0 Å². The van der Waals surface area contributed by atoms with Gasteiger partial charge >= 0.3 is 0 Å². The number of nitrogens with one attached hydrogen (secondary N) is 1. The molecule has 0 amide bonds. The van der Waals surface area contributed by atoms with E-state index in [2.05, 4.69) is 33.6 Å². The Bertz CT molecular complexity index is 294. The summed E-state index contributed by atoms with van der Waals surface area (Å²) in [6.45, 7) is 4.66. The van der Waals surface area contributed by atoms with Gasteiger partial charge in [0.2, 0.25) is 0 Å². The van der Waals surface area contributed by atoms with Gasteiger partial charge in [-0.25, -0.2) is 5.01 Å². The van der Waals surface area contributed by atoms with Gasteiger partial charge in [0.15, 0.2) is 0 Å². The van der Waals surface area contributed by atoms with Crippen LogP contribution in [-0.4, -0.2) is 49.0 Å². The van der Waals surface area contributed by atoms with E-state index < -0.39 is 0 Å². The van der Waals surface area contributed by atoms with Gasteiger partial charge in [-0.1, -0.05) is 12.2 Å². The topological polar surface area (TPSA) is 27.7 Å². The predicted octanol–water partition coefficient (Wildman–Crippen LogP) is 0.309. The largest absolute Gasteiger partial charge is 0.379 e. The van der Waals surface area contributed by atoms with Crippen molar-refractivity contribution >= 4 is 0 Å². The highest BCUT2D eigenvalue weighted by molar-refractivity contribution is 5.25. The molecule has 2 saturated heterocycles. The first-order valence-corrected chi connectivity index (χ1v) is 5.65. The number of rotatable bonds is 1. The van der Waals surface area contributed by atoms with Crippen LogP contribution in [0.4, 0.5) is 0 Å². The summed E-state index contributed by atoms with van der Waals surface area (Å²) in [4.78, 5) is 0. The minimum absolute atomic E-state index is 0.526. The van der Waals surface area contributed by atoms with Crippen LogP contribution >= 0.6 is 0 Å². The minimum Gasteiger partial charge on any atom is -0.379 e. The molecule has 0 saturated carbocycles. The number of allylic oxidation sites excluding steroid dienone is 2. The van der Waals surface area contributed by atoms with Crippen LogP contribution in [0, 0.1) is 0 Å². The van der Waals surface area contributed by atoms with E-state index in [0.717, 1.165) is 39.4 Å². The first-order chi connectivity index (χ1) is 7.45. The van der Waals surface area contributed by atoms with E-state index in [-0.39, 0.29) is 0 Å². The van der Waals surface area contributed by atoms with E-state index in [0.29, 0.717) is 6.04 Å². The molecule has 82 valence electrons. The Kier molecular flexibility index (Phi) is 2.48. The first-order valence-electron chi connectivity index (χ1n) is 5.65. The quantitative estimate of drug-likeness (QED) is 0.669. The number of hydrazine groups is 1. The van der Waals surface area contributed by atoms with Crippen molar-refractivity contribution in [3.63, 3.8) is 0 Å². The summed E-state index contributed by atoms with van der Waals surface area (Å²) < 4.78 is 5.37. The van der Waals surface area contributed by atoms with Gasteiger partial charge < -0.3 is 4.74 Å². The summed E-state index contributed by atoms with van der Waals surface area (Å²) in [5.41, 5.74) is 1.42. The van der Waals surface area contributed by atoms with Crippen molar-refractivity contribution in [3.05, 3.63) is 23.9 Å². The van der Waals surface area contributed by atoms with Crippen LogP contribution in [-0.2, 0) is 4.74 Å². The smallest absolute Gasteiger partial charge is 0.0843 e. The Morgan fingerprint density at radius 2 is 2.20 bits per heavy atom. The van der Waals surface area contributed by atoms with Crippen LogP contribution in [0.5, 0.6) is 0 Å². The van der Waals surface area contributed by atoms with Crippen molar-refractivity contribution in [2.75, 3.05) is 33.0 Å². The number of fused-ring (bicyclic) bond motifs is 1. The third-order valence-corrected chi connectivity index (χ3v) is 3.25. The zero-order valence-electron chi connectivity index (χ0n) is 8.85. The van der Waals surface area contributed by atoms with E-state index in [4.69, 9.17) is 4.74 Å². The molecule has 1 unspecified atom stereocenters. The molecule has 1 N–H and O–H groups in total. The lowest BCUT2D eigenvalue weighted by molar-refractivity contribution is -0.0636. The van der Waals surface area contributed by atoms with Crippen molar-refractivity contribution in [2.24, 2.45) is 0 Å². The fourth-order valence-corrected chi connectivity index (χ4v) is 2.42. The Labute approximate surface area is 90.1 Å². The number of nitrogens with zero attached hydrogens (tertiary/aromatic N) is 2. The third kappa shape index (κ3) is 1.69. The number of hydrogen-bond donors (Lipinski definition) is 1. The number of morpholine rings is 1. The monoisotopic (exact) mass is 207 g/mol. The molecular weight excluding hydrogens is 190 g/mol. The van der Waals surface area contributed by atoms with Gasteiger partial charge in [-0.05, 0) is 12.5 Å². The van der Waals surface area contributed by atoms with Crippen LogP contribution in [0.2, 0.25) is 0 Å². The Hall–Kier alpha value is -0.840. The van der Waals surface area contributed by atoms with Gasteiger partial charge in [-0.15, -0.1) is 0 Å². The van der Waals surface area contributed by atoms with Crippen molar-refractivity contribution in [1.82, 2.24) is 15.3 Å². The molecule has 15 heavy (non-hydrogen) atoms. The molecule has 0 aromatic carbocycles. The van der Waals surface area contributed by atoms with Crippen LogP contribution < -0.4 is 5.32 Å². The van der Waals surface area contributed by atoms with Gasteiger partial charge in [0, 0.05) is 18.8 Å². The fraction of sp³-hybridized carbons (Fsp3) is 0.636. The van der Waals surface area contributed by atoms with Gasteiger partial charge in [-0.2, -0.15) is 0 Å². The zero-order valence-corrected chi connectivity index (χ0v) is 8.85. The molecule has 0 spiro atoms. The lowest BCUT2D eigenvalue weighted by Gasteiger charge is -2.36. The highest BCUT2D eigenvalue weighted by Crippen LogP contribution is 2.24. The summed E-state index contributed by atoms with van der Waals surface area (Å²) >= 11 is 0. The zero-order chi connectivity index (χ0) is 10.1. The molecule has 4 heteroatoms. The second-order valence-electron chi connectivity index (χ2n) is 4.14. The van der Waals surface area contributed by atoms with Crippen molar-refractivity contribution < 1.29 is 4.74 Å². The molecule has 0 bridgehead atoms. The highest BCUT2D eigenvalue weighted by Gasteiger charge is 2.31. The Morgan fingerprint density at radius 3 is 3.07 bits per heavy atom. The average molecular weight is 207 g/mol. The van der Waals surface area contributed by atoms with Gasteiger partial charge in [0.1, 0.15) is 0 Å². The molecule has 2 heterocycles. The van der Waals surface area contributed by atoms with Crippen LogP contribution in [0.25, 0.3) is 0 Å². The molecule has 1 aliphatic carbocycles. The van der Waals surface area contributed by atoms with Gasteiger partial charge in [0.25, 0.3) is 0 Å². The number of hydrogen-bond acceptors (Lipinski definition) is 4. The van der Waals surface area contributed by atoms with E-state index in [1.165, 1.54) is 5.70 Å². The summed E-state index contributed by atoms with van der Waals surface area (Å²) in [5, 5.41) is 8.29. The average Bonchev–Trinajstić information content (AvgIpc) is 2.74. The molecular formula is C11H17N3O. The summed E-state index contributed by atoms with van der Waals surface area (Å²) in [6.07, 6.45) is 7.73. The lowest BCUT2D eigenvalue weighted by Crippen LogP contribution is -2.47. The van der Waals surface area contributed by atoms with Gasteiger partial charge in [0.05, 0.1) is 25.9 Å². The molecule has 0 aromatic heterocycles. The highest BCUT2D eigenvalue weighted by atomic mass is 16.5. The molecule has 3 rings (SSSR count). The van der Waals surface area contributed by atoms with E-state index in [1.54, 1.807) is 0 Å². The van der Waals surface area contributed by atoms with E-state index in [1.807, 2.05) is 0 Å². The van der Waals surface area contributed by atoms with Crippen molar-refractivity contribution in [2.45, 2.75) is 12.5 Å². The minimum atomic E-state index is 0.526. The molecule has 0 radical (unpaired) electrons. The Balaban J connectivity index is 1.75. The molecule has 3 aliphatic rings. The Morgan fingerprint density at radius 1 is 1.33 bits per heavy atom. The molecule has 2 aliphatic heterocycles. The number of ether oxygens (including phenoxy) is 1. The standard InChI is InChI=1S/C11H17N3O/c1-2-4-11-10(3-1)12-9-14(11)13-5-7-15-8-6-13/h1-2,4,10,12H,3,5-9H2. The molecule has 4 nitrogen and oxygen atoms in total. The van der Waals surface area contributed by atoms with E-state index in [9.17, 15) is 0 Å². The summed E-state index contributed by atoms with van der Waals surface area (Å²) in [5.74, 6) is 0. The summed E-state index contributed by atoms with van der Waals surface area (Å²) in [7, 11) is 0. The van der Waals surface area contributed by atoms with Crippen LogP contribution in [0.3, 0.4) is 0 Å². The maximum atomic E-state index is 5.37. The van der Waals surface area contributed by atoms with Crippen molar-refractivity contribution in [1.29, 1.82) is 0 Å². The molecule has 1 atom stereocenters. The first kappa shape index (κ1) is 9.39. The van der Waals surface area contributed by atoms with Gasteiger partial charge in [-0.3, -0.25) is 10.3 Å². The predicted molar refractivity (Wildman–Crippen MR) is 57.9 cm³/mol. The fourth-order valence-electron chi connectivity index (χ4n) is 2.42. The maximum absolute atomic E-state index is 5.37. The van der Waals surface area contributed by atoms with Crippen LogP contribution in [0.15, 0.2) is 23.9 Å². The second kappa shape index (κ2) is 3.96. The summed E-state index contributed by atoms with van der Waals surface area (Å²) in [6, 6.07) is 0.526. The third-order valence-electron chi connectivity index (χ3n) is 3.25. The maximum Gasteiger partial charge on any atom is 0.0843 e. The normalized spacial score (nSPS) is 31.6. The molecule has 2 fully saturated rings. The SMILES string of the molecule is C1=CCC2NCN(N3CCOCC3)C2=C1. The van der Waals surface area contributed by atoms with Crippen LogP contribution in [0.1, 0.15) is 6.42 Å². The molecule has 0 aromatic rings.